The van der Waals surface area contributed by atoms with E-state index in [-0.39, 0.29) is 22.2 Å². The Hall–Kier alpha value is -3.72. The van der Waals surface area contributed by atoms with Crippen molar-refractivity contribution < 1.29 is 19.0 Å². The van der Waals surface area contributed by atoms with Crippen LogP contribution in [0.15, 0.2) is 59.6 Å². The minimum atomic E-state index is -0.175. The fourth-order valence-electron chi connectivity index (χ4n) is 6.82. The van der Waals surface area contributed by atoms with E-state index in [1.54, 1.807) is 11.4 Å². The van der Waals surface area contributed by atoms with Crippen LogP contribution in [0.2, 0.25) is 0 Å². The minimum absolute atomic E-state index is 0.0196. The van der Waals surface area contributed by atoms with Crippen LogP contribution in [0.4, 0.5) is 11.4 Å². The summed E-state index contributed by atoms with van der Waals surface area (Å²) < 4.78 is 6.06. The maximum atomic E-state index is 13.8. The highest BCUT2D eigenvalue weighted by molar-refractivity contribution is 6.08. The molecule has 4 heterocycles. The summed E-state index contributed by atoms with van der Waals surface area (Å²) in [4.78, 5) is 25.6. The van der Waals surface area contributed by atoms with E-state index < -0.39 is 0 Å². The number of hydrogen-bond donors (Lipinski definition) is 0. The summed E-state index contributed by atoms with van der Waals surface area (Å²) >= 11 is 0. The van der Waals surface area contributed by atoms with Crippen molar-refractivity contribution in [2.45, 2.75) is 51.7 Å². The highest BCUT2D eigenvalue weighted by Crippen LogP contribution is 2.49. The number of aliphatic imine (C=N–C) groups is 1. The second-order valence-electron chi connectivity index (χ2n) is 11.9. The molecular formula is C33H36N4O4. The summed E-state index contributed by atoms with van der Waals surface area (Å²) in [6.07, 6.45) is 3.98. The van der Waals surface area contributed by atoms with E-state index in [1.165, 1.54) is 5.56 Å². The average molecular weight is 553 g/mol. The standard InChI is InChI=1S/C33H36N4O4/c1-4-37(39)15-12-33(13-16-37)20-40-31-18-25-11-14-35(30(25)19-29(31)33)32(38)26-7-10-28(22(2)17-26)24-5-8-27(9-6-24)36-21-34-23(3)41-36/h5-10,17-19,21,23H,4,11-16,20H2,1-3H3. The molecule has 1 amide bonds. The lowest BCUT2D eigenvalue weighted by Crippen LogP contribution is -2.53. The van der Waals surface area contributed by atoms with Crippen LogP contribution in [0.25, 0.3) is 11.1 Å². The number of carbonyl (C=O) groups excluding carboxylic acids is 1. The highest BCUT2D eigenvalue weighted by Gasteiger charge is 2.47. The second kappa shape index (κ2) is 9.69. The van der Waals surface area contributed by atoms with Crippen molar-refractivity contribution in [2.75, 3.05) is 42.7 Å². The predicted molar refractivity (Wildman–Crippen MR) is 160 cm³/mol. The van der Waals surface area contributed by atoms with Crippen LogP contribution in [0.5, 0.6) is 5.75 Å². The quantitative estimate of drug-likeness (QED) is 0.304. The van der Waals surface area contributed by atoms with E-state index in [0.717, 1.165) is 58.6 Å². The van der Waals surface area contributed by atoms with Crippen molar-refractivity contribution in [3.63, 3.8) is 0 Å². The fraction of sp³-hybridized carbons (Fsp3) is 0.394. The minimum Gasteiger partial charge on any atom is -0.633 e. The first-order chi connectivity index (χ1) is 19.8. The monoisotopic (exact) mass is 552 g/mol. The van der Waals surface area contributed by atoms with Crippen molar-refractivity contribution >= 4 is 23.6 Å². The number of hydroxylamine groups is 4. The second-order valence-corrected chi connectivity index (χ2v) is 11.9. The molecule has 1 spiro atoms. The van der Waals surface area contributed by atoms with Gasteiger partial charge >= 0.3 is 0 Å². The summed E-state index contributed by atoms with van der Waals surface area (Å²) in [7, 11) is 0. The summed E-state index contributed by atoms with van der Waals surface area (Å²) in [5.41, 5.74) is 8.02. The van der Waals surface area contributed by atoms with Crippen LogP contribution in [0.3, 0.4) is 0 Å². The number of rotatable bonds is 4. The van der Waals surface area contributed by atoms with Crippen molar-refractivity contribution in [1.29, 1.82) is 0 Å². The molecule has 0 N–H and O–H groups in total. The topological polar surface area (TPSA) is 77.4 Å². The van der Waals surface area contributed by atoms with E-state index in [1.807, 2.05) is 49.1 Å². The van der Waals surface area contributed by atoms with Crippen LogP contribution in [-0.2, 0) is 16.7 Å². The van der Waals surface area contributed by atoms with Crippen molar-refractivity contribution in [3.8, 4) is 16.9 Å². The number of aryl methyl sites for hydroxylation is 1. The van der Waals surface area contributed by atoms with Gasteiger partial charge in [0.05, 0.1) is 31.9 Å². The van der Waals surface area contributed by atoms with Gasteiger partial charge in [0.15, 0.2) is 6.23 Å². The number of amides is 1. The number of fused-ring (bicyclic) bond motifs is 3. The lowest BCUT2D eigenvalue weighted by Gasteiger charge is -2.49. The van der Waals surface area contributed by atoms with Crippen LogP contribution < -0.4 is 14.7 Å². The third-order valence-corrected chi connectivity index (χ3v) is 9.52. The fourth-order valence-corrected chi connectivity index (χ4v) is 6.82. The Bertz CT molecular complexity index is 1540. The molecular weight excluding hydrogens is 516 g/mol. The first-order valence-corrected chi connectivity index (χ1v) is 14.7. The Morgan fingerprint density at radius 1 is 1.12 bits per heavy atom. The number of likely N-dealkylation sites (tertiary alicyclic amines) is 1. The van der Waals surface area contributed by atoms with E-state index in [2.05, 4.69) is 36.2 Å². The van der Waals surface area contributed by atoms with Crippen LogP contribution in [-0.4, -0.2) is 55.9 Å². The SMILES string of the molecule is CC[N+]1([O-])CCC2(CC1)COc1cc3c(cc12)N(C(=O)c1ccc(-c2ccc(N4C=NC(C)O4)cc2)c(C)c1)CC3. The molecule has 3 aromatic rings. The van der Waals surface area contributed by atoms with Gasteiger partial charge in [-0.25, -0.2) is 14.9 Å². The number of hydrogen-bond acceptors (Lipinski definition) is 6. The average Bonchev–Trinajstić information content (AvgIpc) is 3.71. The van der Waals surface area contributed by atoms with Gasteiger partial charge in [-0.1, -0.05) is 18.2 Å². The van der Waals surface area contributed by atoms with Gasteiger partial charge in [-0.2, -0.15) is 0 Å². The number of nitrogens with zero attached hydrogens (tertiary/aromatic N) is 4. The normalized spacial score (nSPS) is 26.4. The number of ether oxygens (including phenoxy) is 1. The molecule has 212 valence electrons. The lowest BCUT2D eigenvalue weighted by atomic mass is 9.74. The molecule has 8 nitrogen and oxygen atoms in total. The first-order valence-electron chi connectivity index (χ1n) is 14.7. The summed E-state index contributed by atoms with van der Waals surface area (Å²) in [5.74, 6) is 0.955. The van der Waals surface area contributed by atoms with Gasteiger partial charge in [0.25, 0.3) is 5.91 Å². The van der Waals surface area contributed by atoms with Gasteiger partial charge in [0.1, 0.15) is 12.1 Å². The number of piperidine rings is 1. The number of carbonyl (C=O) groups is 1. The Morgan fingerprint density at radius 2 is 1.90 bits per heavy atom. The molecule has 1 fully saturated rings. The molecule has 0 aromatic heterocycles. The summed E-state index contributed by atoms with van der Waals surface area (Å²) in [5, 5.41) is 14.6. The van der Waals surface area contributed by atoms with E-state index in [0.29, 0.717) is 38.3 Å². The van der Waals surface area contributed by atoms with Crippen molar-refractivity contribution in [2.24, 2.45) is 4.99 Å². The molecule has 41 heavy (non-hydrogen) atoms. The third kappa shape index (κ3) is 4.41. The van der Waals surface area contributed by atoms with E-state index in [9.17, 15) is 10.0 Å². The molecule has 7 rings (SSSR count). The predicted octanol–water partition coefficient (Wildman–Crippen LogP) is 5.75. The molecule has 8 heteroatoms. The largest absolute Gasteiger partial charge is 0.633 e. The zero-order valence-electron chi connectivity index (χ0n) is 23.9. The summed E-state index contributed by atoms with van der Waals surface area (Å²) in [6.45, 7) is 9.06. The third-order valence-electron chi connectivity index (χ3n) is 9.52. The zero-order chi connectivity index (χ0) is 28.4. The van der Waals surface area contributed by atoms with E-state index >= 15 is 0 Å². The molecule has 0 radical (unpaired) electrons. The number of anilines is 2. The lowest BCUT2D eigenvalue weighted by molar-refractivity contribution is -0.885. The Morgan fingerprint density at radius 3 is 2.59 bits per heavy atom. The van der Waals surface area contributed by atoms with E-state index in [4.69, 9.17) is 9.57 Å². The molecule has 0 bridgehead atoms. The van der Waals surface area contributed by atoms with Gasteiger partial charge in [-0.05, 0) is 85.8 Å². The van der Waals surface area contributed by atoms with Gasteiger partial charge in [-0.3, -0.25) is 4.79 Å². The van der Waals surface area contributed by atoms with Gasteiger partial charge in [-0.15, -0.1) is 0 Å². The molecule has 0 saturated carbocycles. The Kier molecular flexibility index (Phi) is 6.19. The smallest absolute Gasteiger partial charge is 0.258 e. The summed E-state index contributed by atoms with van der Waals surface area (Å²) in [6, 6.07) is 18.5. The molecule has 4 aliphatic heterocycles. The van der Waals surface area contributed by atoms with Crippen molar-refractivity contribution in [1.82, 2.24) is 0 Å². The zero-order valence-corrected chi connectivity index (χ0v) is 23.9. The Balaban J connectivity index is 1.12. The molecule has 4 aliphatic rings. The highest BCUT2D eigenvalue weighted by atomic mass is 16.7. The van der Waals surface area contributed by atoms with Gasteiger partial charge < -0.3 is 19.5 Å². The van der Waals surface area contributed by atoms with Crippen molar-refractivity contribution in [3.05, 3.63) is 82.1 Å². The molecule has 3 aromatic carbocycles. The molecule has 0 aliphatic carbocycles. The number of benzene rings is 3. The van der Waals surface area contributed by atoms with Gasteiger partial charge in [0, 0.05) is 41.6 Å². The van der Waals surface area contributed by atoms with Gasteiger partial charge in [0.2, 0.25) is 0 Å². The molecule has 1 saturated heterocycles. The van der Waals surface area contributed by atoms with Crippen LogP contribution in [0.1, 0.15) is 53.7 Å². The molecule has 1 unspecified atom stereocenters. The number of quaternary nitrogens is 1. The first kappa shape index (κ1) is 26.2. The van der Waals surface area contributed by atoms with Crippen LogP contribution >= 0.6 is 0 Å². The Labute approximate surface area is 240 Å². The molecule has 1 atom stereocenters. The maximum Gasteiger partial charge on any atom is 0.258 e. The maximum absolute atomic E-state index is 13.8. The van der Waals surface area contributed by atoms with Crippen LogP contribution in [0, 0.1) is 12.1 Å².